The van der Waals surface area contributed by atoms with Gasteiger partial charge in [-0.3, -0.25) is 9.89 Å². The summed E-state index contributed by atoms with van der Waals surface area (Å²) in [5.41, 5.74) is 7.12. The summed E-state index contributed by atoms with van der Waals surface area (Å²) in [6, 6.07) is 9.54. The van der Waals surface area contributed by atoms with Gasteiger partial charge in [0.25, 0.3) is 0 Å². The van der Waals surface area contributed by atoms with E-state index in [0.29, 0.717) is 5.69 Å². The molecule has 2 unspecified atom stereocenters. The van der Waals surface area contributed by atoms with Crippen molar-refractivity contribution in [1.82, 2.24) is 10.2 Å². The maximum Gasteiger partial charge on any atom is 0.323 e. The van der Waals surface area contributed by atoms with E-state index >= 15 is 0 Å². The fourth-order valence-corrected chi connectivity index (χ4v) is 1.57. The predicted octanol–water partition coefficient (Wildman–Crippen LogP) is 0.522. The van der Waals surface area contributed by atoms with Crippen LogP contribution in [0, 0.1) is 0 Å². The van der Waals surface area contributed by atoms with Gasteiger partial charge in [-0.25, -0.2) is 0 Å². The zero-order chi connectivity index (χ0) is 13.1. The molecule has 18 heavy (non-hydrogen) atoms. The van der Waals surface area contributed by atoms with Gasteiger partial charge >= 0.3 is 5.97 Å². The molecule has 2 atom stereocenters. The number of carbonyl (C=O) groups is 1. The number of aliphatic hydroxyl groups excluding tert-OH is 1. The van der Waals surface area contributed by atoms with Gasteiger partial charge in [-0.1, -0.05) is 30.3 Å². The number of aliphatic hydroxyl groups is 1. The number of H-pyrrole nitrogens is 1. The Bertz CT molecular complexity index is 539. The highest BCUT2D eigenvalue weighted by Crippen LogP contribution is 2.21. The lowest BCUT2D eigenvalue weighted by Gasteiger charge is -2.12. The van der Waals surface area contributed by atoms with Crippen LogP contribution < -0.4 is 5.73 Å². The molecular weight excluding hydrogens is 234 g/mol. The quantitative estimate of drug-likeness (QED) is 0.629. The maximum atomic E-state index is 10.7. The fraction of sp³-hybridized carbons (Fsp3) is 0.167. The van der Waals surface area contributed by atoms with Crippen LogP contribution in [-0.2, 0) is 4.79 Å². The molecule has 0 bridgehead atoms. The Kier molecular flexibility index (Phi) is 3.40. The highest BCUT2D eigenvalue weighted by atomic mass is 16.4. The third-order valence-electron chi connectivity index (χ3n) is 2.61. The molecule has 0 aliphatic heterocycles. The minimum atomic E-state index is -1.38. The van der Waals surface area contributed by atoms with Crippen molar-refractivity contribution in [1.29, 1.82) is 0 Å². The molecule has 2 rings (SSSR count). The molecular formula is C12H13N3O3. The highest BCUT2D eigenvalue weighted by Gasteiger charge is 2.25. The van der Waals surface area contributed by atoms with E-state index in [1.807, 2.05) is 30.3 Å². The molecule has 2 aromatic rings. The highest BCUT2D eigenvalue weighted by molar-refractivity contribution is 5.74. The molecule has 0 fully saturated rings. The smallest absolute Gasteiger partial charge is 0.323 e. The molecule has 94 valence electrons. The Morgan fingerprint density at radius 2 is 2.00 bits per heavy atom. The van der Waals surface area contributed by atoms with Crippen LogP contribution >= 0.6 is 0 Å². The number of nitrogens with two attached hydrogens (primary N) is 1. The van der Waals surface area contributed by atoms with Crippen LogP contribution in [0.2, 0.25) is 0 Å². The van der Waals surface area contributed by atoms with Crippen molar-refractivity contribution >= 4 is 5.97 Å². The first-order chi connectivity index (χ1) is 8.59. The van der Waals surface area contributed by atoms with E-state index in [-0.39, 0.29) is 5.69 Å². The third kappa shape index (κ3) is 2.39. The number of carboxylic acids is 1. The molecule has 0 aliphatic carbocycles. The first kappa shape index (κ1) is 12.3. The van der Waals surface area contributed by atoms with Gasteiger partial charge in [0.05, 0.1) is 11.4 Å². The van der Waals surface area contributed by atoms with Gasteiger partial charge in [0, 0.05) is 5.56 Å². The van der Waals surface area contributed by atoms with Crippen molar-refractivity contribution in [3.8, 4) is 11.3 Å². The van der Waals surface area contributed by atoms with E-state index in [4.69, 9.17) is 10.8 Å². The number of nitrogens with zero attached hydrogens (tertiary/aromatic N) is 1. The van der Waals surface area contributed by atoms with Crippen molar-refractivity contribution in [2.24, 2.45) is 5.73 Å². The molecule has 0 radical (unpaired) electrons. The summed E-state index contributed by atoms with van der Waals surface area (Å²) in [4.78, 5) is 10.7. The van der Waals surface area contributed by atoms with E-state index in [9.17, 15) is 9.90 Å². The van der Waals surface area contributed by atoms with Crippen LogP contribution in [0.25, 0.3) is 11.3 Å². The summed E-state index contributed by atoms with van der Waals surface area (Å²) in [7, 11) is 0. The van der Waals surface area contributed by atoms with Crippen molar-refractivity contribution in [3.05, 3.63) is 42.1 Å². The molecule has 6 nitrogen and oxygen atoms in total. The molecule has 1 heterocycles. The number of benzene rings is 1. The van der Waals surface area contributed by atoms with Crippen LogP contribution in [0.5, 0.6) is 0 Å². The molecule has 1 aromatic carbocycles. The summed E-state index contributed by atoms with van der Waals surface area (Å²) in [6.45, 7) is 0. The number of aromatic nitrogens is 2. The first-order valence-electron chi connectivity index (χ1n) is 5.37. The summed E-state index contributed by atoms with van der Waals surface area (Å²) in [6.07, 6.45) is -1.31. The number of aromatic amines is 1. The number of carboxylic acid groups (broad SMARTS) is 1. The molecule has 0 spiro atoms. The van der Waals surface area contributed by atoms with E-state index < -0.39 is 18.1 Å². The van der Waals surface area contributed by atoms with Crippen molar-refractivity contribution in [2.75, 3.05) is 0 Å². The standard InChI is InChI=1S/C12H13N3O3/c13-10(12(17)18)11(16)9-6-8(14-15-9)7-4-2-1-3-5-7/h1-6,10-11,16H,13H2,(H,14,15)(H,17,18). The lowest BCUT2D eigenvalue weighted by molar-refractivity contribution is -0.141. The number of hydrogen-bond acceptors (Lipinski definition) is 4. The number of nitrogens with one attached hydrogen (secondary N) is 1. The minimum absolute atomic E-state index is 0.281. The summed E-state index contributed by atoms with van der Waals surface area (Å²) < 4.78 is 0. The summed E-state index contributed by atoms with van der Waals surface area (Å²) in [5, 5.41) is 25.1. The number of hydrogen-bond donors (Lipinski definition) is 4. The Morgan fingerprint density at radius 3 is 2.61 bits per heavy atom. The Morgan fingerprint density at radius 1 is 1.33 bits per heavy atom. The van der Waals surface area contributed by atoms with Crippen LogP contribution in [0.15, 0.2) is 36.4 Å². The SMILES string of the molecule is NC(C(=O)O)C(O)c1cc(-c2ccccc2)n[nH]1. The Balaban J connectivity index is 2.23. The average Bonchev–Trinajstić information content (AvgIpc) is 2.87. The second-order valence-electron chi connectivity index (χ2n) is 3.88. The Labute approximate surface area is 103 Å². The predicted molar refractivity (Wildman–Crippen MR) is 64.6 cm³/mol. The van der Waals surface area contributed by atoms with Crippen LogP contribution in [0.3, 0.4) is 0 Å². The first-order valence-corrected chi connectivity index (χ1v) is 5.37. The lowest BCUT2D eigenvalue weighted by Crippen LogP contribution is -2.36. The topological polar surface area (TPSA) is 112 Å². The largest absolute Gasteiger partial charge is 0.480 e. The summed E-state index contributed by atoms with van der Waals surface area (Å²) >= 11 is 0. The minimum Gasteiger partial charge on any atom is -0.480 e. The van der Waals surface area contributed by atoms with Crippen LogP contribution in [0.1, 0.15) is 11.8 Å². The van der Waals surface area contributed by atoms with Gasteiger partial charge in [-0.15, -0.1) is 0 Å². The van der Waals surface area contributed by atoms with Gasteiger partial charge in [0.1, 0.15) is 12.1 Å². The van der Waals surface area contributed by atoms with Crippen LogP contribution in [-0.4, -0.2) is 32.4 Å². The molecule has 5 N–H and O–H groups in total. The molecule has 0 aliphatic rings. The fourth-order valence-electron chi connectivity index (χ4n) is 1.57. The van der Waals surface area contributed by atoms with Crippen molar-refractivity contribution in [3.63, 3.8) is 0 Å². The van der Waals surface area contributed by atoms with Gasteiger partial charge in [0.2, 0.25) is 0 Å². The van der Waals surface area contributed by atoms with E-state index in [0.717, 1.165) is 5.56 Å². The maximum absolute atomic E-state index is 10.7. The molecule has 6 heteroatoms. The monoisotopic (exact) mass is 247 g/mol. The molecule has 0 saturated heterocycles. The van der Waals surface area contributed by atoms with E-state index in [2.05, 4.69) is 10.2 Å². The normalized spacial score (nSPS) is 14.1. The zero-order valence-corrected chi connectivity index (χ0v) is 9.45. The number of aliphatic carboxylic acids is 1. The lowest BCUT2D eigenvalue weighted by atomic mass is 10.1. The second-order valence-corrected chi connectivity index (χ2v) is 3.88. The average molecular weight is 247 g/mol. The second kappa shape index (κ2) is 4.99. The van der Waals surface area contributed by atoms with Gasteiger partial charge in [-0.2, -0.15) is 5.10 Å². The van der Waals surface area contributed by atoms with Crippen LogP contribution in [0.4, 0.5) is 0 Å². The zero-order valence-electron chi connectivity index (χ0n) is 9.45. The van der Waals surface area contributed by atoms with E-state index in [1.165, 1.54) is 0 Å². The number of rotatable bonds is 4. The van der Waals surface area contributed by atoms with Crippen molar-refractivity contribution < 1.29 is 15.0 Å². The third-order valence-corrected chi connectivity index (χ3v) is 2.61. The molecule has 0 amide bonds. The molecule has 1 aromatic heterocycles. The summed E-state index contributed by atoms with van der Waals surface area (Å²) in [5.74, 6) is -1.27. The van der Waals surface area contributed by atoms with Gasteiger partial charge in [0.15, 0.2) is 0 Å². The molecule has 0 saturated carbocycles. The Hall–Kier alpha value is -2.18. The van der Waals surface area contributed by atoms with Crippen molar-refractivity contribution in [2.45, 2.75) is 12.1 Å². The van der Waals surface area contributed by atoms with Gasteiger partial charge < -0.3 is 15.9 Å². The van der Waals surface area contributed by atoms with E-state index in [1.54, 1.807) is 6.07 Å². The van der Waals surface area contributed by atoms with Gasteiger partial charge in [-0.05, 0) is 6.07 Å².